The van der Waals surface area contributed by atoms with E-state index in [4.69, 9.17) is 16.2 Å². The zero-order valence-electron chi connectivity index (χ0n) is 17.8. The summed E-state index contributed by atoms with van der Waals surface area (Å²) in [5, 5.41) is 5.14. The molecule has 1 aromatic heterocycles. The normalized spacial score (nSPS) is 17.0. The van der Waals surface area contributed by atoms with Crippen molar-refractivity contribution in [1.82, 2.24) is 9.88 Å². The molecule has 0 aliphatic heterocycles. The third kappa shape index (κ3) is 4.21. The summed E-state index contributed by atoms with van der Waals surface area (Å²) in [7, 11) is 0. The fraction of sp³-hybridized carbons (Fsp3) is 0.417. The van der Waals surface area contributed by atoms with Crippen LogP contribution in [-0.4, -0.2) is 35.1 Å². The Bertz CT molecular complexity index is 1100. The second kappa shape index (κ2) is 9.18. The zero-order chi connectivity index (χ0) is 22.0. The van der Waals surface area contributed by atoms with Crippen molar-refractivity contribution in [1.29, 1.82) is 0 Å². The fourth-order valence-corrected chi connectivity index (χ4v) is 4.61. The van der Waals surface area contributed by atoms with Gasteiger partial charge in [0, 0.05) is 34.4 Å². The second-order valence-electron chi connectivity index (χ2n) is 8.27. The summed E-state index contributed by atoms with van der Waals surface area (Å²) < 4.78 is 7.83. The maximum absolute atomic E-state index is 12.9. The van der Waals surface area contributed by atoms with Crippen LogP contribution in [0.4, 0.5) is 0 Å². The molecular weight excluding hydrogens is 392 g/mol. The highest BCUT2D eigenvalue weighted by molar-refractivity contribution is 6.11. The van der Waals surface area contributed by atoms with Gasteiger partial charge in [0.2, 0.25) is 0 Å². The van der Waals surface area contributed by atoms with Gasteiger partial charge in [-0.15, -0.1) is 0 Å². The summed E-state index contributed by atoms with van der Waals surface area (Å²) >= 11 is 0. The van der Waals surface area contributed by atoms with Crippen LogP contribution in [0, 0.1) is 0 Å². The quantitative estimate of drug-likeness (QED) is 0.233. The number of hydrogen-bond acceptors (Lipinski definition) is 6. The molecule has 2 unspecified atom stereocenters. The average Bonchev–Trinajstić information content (AvgIpc) is 3.13. The molecule has 7 heteroatoms. The molecule has 0 saturated heterocycles. The Morgan fingerprint density at radius 3 is 2.65 bits per heavy atom. The Hall–Kier alpha value is -2.74. The van der Waals surface area contributed by atoms with Gasteiger partial charge in [0.05, 0.1) is 11.7 Å². The summed E-state index contributed by atoms with van der Waals surface area (Å²) in [6.07, 6.45) is 5.67. The molecule has 2 aromatic carbocycles. The number of carbonyl (C=O) groups excluding carboxylic acids is 2. The van der Waals surface area contributed by atoms with Gasteiger partial charge >= 0.3 is 5.97 Å². The lowest BCUT2D eigenvalue weighted by molar-refractivity contribution is -0.136. The lowest BCUT2D eigenvalue weighted by Gasteiger charge is -2.28. The lowest BCUT2D eigenvalue weighted by atomic mass is 9.95. The highest BCUT2D eigenvalue weighted by Gasteiger charge is 2.27. The molecule has 3 aromatic rings. The van der Waals surface area contributed by atoms with Crippen LogP contribution in [-0.2, 0) is 11.3 Å². The van der Waals surface area contributed by atoms with E-state index in [1.807, 2.05) is 37.3 Å². The molecule has 164 valence electrons. The number of para-hydroxylation sites is 1. The van der Waals surface area contributed by atoms with Gasteiger partial charge in [-0.1, -0.05) is 37.5 Å². The summed E-state index contributed by atoms with van der Waals surface area (Å²) in [5.41, 5.74) is 14.6. The van der Waals surface area contributed by atoms with Gasteiger partial charge in [0.25, 0.3) is 0 Å². The van der Waals surface area contributed by atoms with Gasteiger partial charge in [0.1, 0.15) is 12.3 Å². The van der Waals surface area contributed by atoms with Gasteiger partial charge in [0.15, 0.2) is 5.75 Å². The number of nitrogens with zero attached hydrogens (tertiary/aromatic N) is 1. The number of esters is 1. The average molecular weight is 423 g/mol. The predicted molar refractivity (Wildman–Crippen MR) is 122 cm³/mol. The molecule has 2 atom stereocenters. The number of aldehydes is 1. The standard InChI is InChI=1S/C24H30N4O3/c1-2-28-19-11-7-6-10-17(19)18-12-15(14-29)13-20(22(18)28)31-24(30)21(25)23(26)27-16-8-4-3-5-9-16/h6-7,10-14,16,21,23,27H,2-5,8-9,25-26H2,1H3. The summed E-state index contributed by atoms with van der Waals surface area (Å²) in [5.74, 6) is -0.295. The molecule has 1 fully saturated rings. The van der Waals surface area contributed by atoms with Crippen LogP contribution in [0.15, 0.2) is 36.4 Å². The van der Waals surface area contributed by atoms with Crippen LogP contribution in [0.2, 0.25) is 0 Å². The SMILES string of the molecule is CCn1c2ccccc2c2cc(C=O)cc(OC(=O)C(N)C(N)NC3CCCCC3)c21. The summed E-state index contributed by atoms with van der Waals surface area (Å²) in [6.45, 7) is 2.71. The van der Waals surface area contributed by atoms with Crippen molar-refractivity contribution >= 4 is 34.1 Å². The van der Waals surface area contributed by atoms with Crippen molar-refractivity contribution < 1.29 is 14.3 Å². The largest absolute Gasteiger partial charge is 0.423 e. The van der Waals surface area contributed by atoms with E-state index in [0.717, 1.165) is 53.8 Å². The molecule has 0 spiro atoms. The highest BCUT2D eigenvalue weighted by Crippen LogP contribution is 2.36. The molecule has 0 amide bonds. The van der Waals surface area contributed by atoms with Crippen molar-refractivity contribution in [2.75, 3.05) is 0 Å². The van der Waals surface area contributed by atoms with E-state index < -0.39 is 18.2 Å². The van der Waals surface area contributed by atoms with Crippen molar-refractivity contribution in [3.05, 3.63) is 42.0 Å². The van der Waals surface area contributed by atoms with E-state index in [2.05, 4.69) is 9.88 Å². The maximum Gasteiger partial charge on any atom is 0.331 e. The van der Waals surface area contributed by atoms with E-state index in [1.165, 1.54) is 6.42 Å². The van der Waals surface area contributed by atoms with Gasteiger partial charge < -0.3 is 20.8 Å². The third-order valence-corrected chi connectivity index (χ3v) is 6.21. The number of nitrogens with two attached hydrogens (primary N) is 2. The molecule has 0 bridgehead atoms. The Kier molecular flexibility index (Phi) is 6.36. The second-order valence-corrected chi connectivity index (χ2v) is 8.27. The van der Waals surface area contributed by atoms with Gasteiger partial charge in [-0.05, 0) is 38.0 Å². The first kappa shape index (κ1) is 21.5. The summed E-state index contributed by atoms with van der Waals surface area (Å²) in [4.78, 5) is 24.5. The number of benzene rings is 2. The van der Waals surface area contributed by atoms with Crippen LogP contribution >= 0.6 is 0 Å². The van der Waals surface area contributed by atoms with Crippen LogP contribution in [0.5, 0.6) is 5.75 Å². The van der Waals surface area contributed by atoms with Crippen LogP contribution in [0.1, 0.15) is 49.4 Å². The third-order valence-electron chi connectivity index (χ3n) is 6.21. The van der Waals surface area contributed by atoms with Crippen LogP contribution in [0.3, 0.4) is 0 Å². The van der Waals surface area contributed by atoms with Crippen LogP contribution < -0.4 is 21.5 Å². The molecule has 5 N–H and O–H groups in total. The van der Waals surface area contributed by atoms with Crippen molar-refractivity contribution in [2.45, 2.75) is 63.8 Å². The predicted octanol–water partition coefficient (Wildman–Crippen LogP) is 3.07. The van der Waals surface area contributed by atoms with Gasteiger partial charge in [-0.25, -0.2) is 4.79 Å². The minimum atomic E-state index is -1.02. The molecule has 31 heavy (non-hydrogen) atoms. The van der Waals surface area contributed by atoms with E-state index >= 15 is 0 Å². The van der Waals surface area contributed by atoms with Crippen molar-refractivity contribution in [3.63, 3.8) is 0 Å². The maximum atomic E-state index is 12.9. The molecule has 1 saturated carbocycles. The van der Waals surface area contributed by atoms with Gasteiger partial charge in [-0.2, -0.15) is 0 Å². The van der Waals surface area contributed by atoms with E-state index in [1.54, 1.807) is 6.07 Å². The molecule has 0 radical (unpaired) electrons. The topological polar surface area (TPSA) is 112 Å². The molecule has 1 heterocycles. The van der Waals surface area contributed by atoms with Crippen molar-refractivity contribution in [2.24, 2.45) is 11.5 Å². The minimum Gasteiger partial charge on any atom is -0.423 e. The number of aromatic nitrogens is 1. The lowest BCUT2D eigenvalue weighted by Crippen LogP contribution is -2.59. The molecule has 7 nitrogen and oxygen atoms in total. The number of rotatable bonds is 7. The smallest absolute Gasteiger partial charge is 0.331 e. The van der Waals surface area contributed by atoms with Gasteiger partial charge in [-0.3, -0.25) is 10.1 Å². The Labute approximate surface area is 181 Å². The first-order valence-corrected chi connectivity index (χ1v) is 11.0. The number of ether oxygens (including phenoxy) is 1. The number of hydrogen-bond donors (Lipinski definition) is 3. The Morgan fingerprint density at radius 2 is 1.94 bits per heavy atom. The fourth-order valence-electron chi connectivity index (χ4n) is 4.61. The number of aryl methyl sites for hydroxylation is 1. The first-order chi connectivity index (χ1) is 15.0. The Balaban J connectivity index is 1.65. The molecule has 1 aliphatic rings. The first-order valence-electron chi connectivity index (χ1n) is 11.0. The van der Waals surface area contributed by atoms with Crippen molar-refractivity contribution in [3.8, 4) is 5.75 Å². The molecule has 1 aliphatic carbocycles. The highest BCUT2D eigenvalue weighted by atomic mass is 16.5. The Morgan fingerprint density at radius 1 is 1.19 bits per heavy atom. The van der Waals surface area contributed by atoms with Crippen LogP contribution in [0.25, 0.3) is 21.8 Å². The summed E-state index contributed by atoms with van der Waals surface area (Å²) in [6, 6.07) is 10.6. The monoisotopic (exact) mass is 422 g/mol. The number of fused-ring (bicyclic) bond motifs is 3. The molecule has 4 rings (SSSR count). The van der Waals surface area contributed by atoms with E-state index in [-0.39, 0.29) is 6.04 Å². The zero-order valence-corrected chi connectivity index (χ0v) is 17.8. The number of carbonyl (C=O) groups is 2. The van der Waals surface area contributed by atoms with E-state index in [9.17, 15) is 9.59 Å². The van der Waals surface area contributed by atoms with E-state index in [0.29, 0.717) is 17.9 Å². The minimum absolute atomic E-state index is 0.273. The number of nitrogens with one attached hydrogen (secondary N) is 1. The molecular formula is C24H30N4O3.